The smallest absolute Gasteiger partial charge is 0.423 e. The van der Waals surface area contributed by atoms with Crippen molar-refractivity contribution in [3.63, 3.8) is 0 Å². The van der Waals surface area contributed by atoms with E-state index in [-0.39, 0.29) is 0 Å². The summed E-state index contributed by atoms with van der Waals surface area (Å²) in [7, 11) is 0. The Kier molecular flexibility index (Phi) is 3.03. The first-order valence-electron chi connectivity index (χ1n) is 4.82. The van der Waals surface area contributed by atoms with Gasteiger partial charge in [0.15, 0.2) is 5.58 Å². The van der Waals surface area contributed by atoms with Gasteiger partial charge in [0.1, 0.15) is 0 Å². The Hall–Kier alpha value is -1.24. The summed E-state index contributed by atoms with van der Waals surface area (Å²) in [6, 6.07) is 4.99. The van der Waals surface area contributed by atoms with Crippen molar-refractivity contribution < 1.29 is 17.6 Å². The normalized spacial score (nSPS) is 13.6. The van der Waals surface area contributed by atoms with E-state index in [4.69, 9.17) is 4.42 Å². The van der Waals surface area contributed by atoms with Gasteiger partial charge in [0.05, 0.1) is 5.52 Å². The molecule has 3 nitrogen and oxygen atoms in total. The molecule has 7 heteroatoms. The van der Waals surface area contributed by atoms with Gasteiger partial charge in [-0.3, -0.25) is 4.57 Å². The van der Waals surface area contributed by atoms with Crippen LogP contribution in [0.3, 0.4) is 0 Å². The van der Waals surface area contributed by atoms with Crippen molar-refractivity contribution in [1.29, 1.82) is 0 Å². The van der Waals surface area contributed by atoms with Crippen LogP contribution in [0, 0.1) is 0 Å². The Bertz CT molecular complexity index is 612. The first-order valence-corrected chi connectivity index (χ1v) is 5.61. The second-order valence-corrected chi connectivity index (χ2v) is 4.24. The molecule has 1 aromatic heterocycles. The van der Waals surface area contributed by atoms with Crippen molar-refractivity contribution >= 4 is 27.0 Å². The second-order valence-electron chi connectivity index (χ2n) is 3.32. The Morgan fingerprint density at radius 1 is 1.41 bits per heavy atom. The lowest BCUT2D eigenvalue weighted by Crippen LogP contribution is -2.20. The molecule has 0 saturated heterocycles. The molecule has 0 atom stereocenters. The number of alkyl halides is 3. The molecule has 92 valence electrons. The highest BCUT2D eigenvalue weighted by Gasteiger charge is 2.27. The minimum Gasteiger partial charge on any atom is -0.423 e. The number of hydrogen-bond acceptors (Lipinski definition) is 2. The molecule has 2 rings (SSSR count). The van der Waals surface area contributed by atoms with E-state index >= 15 is 0 Å². The zero-order chi connectivity index (χ0) is 12.6. The Morgan fingerprint density at radius 2 is 2.12 bits per heavy atom. The Labute approximate surface area is 103 Å². The molecule has 2 aromatic rings. The third-order valence-corrected chi connectivity index (χ3v) is 2.68. The van der Waals surface area contributed by atoms with Crippen molar-refractivity contribution in [3.05, 3.63) is 28.4 Å². The zero-order valence-electron chi connectivity index (χ0n) is 8.75. The molecule has 0 bridgehead atoms. The maximum atomic E-state index is 12.2. The molecular formula is C10H8BrF3N2O. The lowest BCUT2D eigenvalue weighted by Gasteiger charge is -1.99. The first-order chi connectivity index (χ1) is 7.90. The lowest BCUT2D eigenvalue weighted by atomic mass is 10.3. The van der Waals surface area contributed by atoms with E-state index in [0.29, 0.717) is 17.6 Å². The minimum absolute atomic E-state index is 0.346. The molecule has 0 aliphatic carbocycles. The van der Waals surface area contributed by atoms with Gasteiger partial charge in [0, 0.05) is 11.0 Å². The SMILES string of the molecule is CCn1c(=NC(F)(F)F)oc2ccc(Br)cc21. The highest BCUT2D eigenvalue weighted by atomic mass is 79.9. The van der Waals surface area contributed by atoms with Crippen molar-refractivity contribution in [3.8, 4) is 0 Å². The third kappa shape index (κ3) is 2.54. The summed E-state index contributed by atoms with van der Waals surface area (Å²) >= 11 is 3.26. The standard InChI is InChI=1S/C10H8BrF3N2O/c1-2-16-7-5-6(11)3-4-8(7)17-9(16)15-10(12,13)14/h3-5H,2H2,1H3. The van der Waals surface area contributed by atoms with Crippen molar-refractivity contribution in [2.24, 2.45) is 4.99 Å². The summed E-state index contributed by atoms with van der Waals surface area (Å²) in [4.78, 5) is 2.61. The number of aromatic nitrogens is 1. The molecule has 0 radical (unpaired) electrons. The van der Waals surface area contributed by atoms with Gasteiger partial charge in [0.25, 0.3) is 0 Å². The highest BCUT2D eigenvalue weighted by Crippen LogP contribution is 2.20. The molecule has 1 heterocycles. The quantitative estimate of drug-likeness (QED) is 0.742. The minimum atomic E-state index is -4.64. The molecule has 1 aromatic carbocycles. The zero-order valence-corrected chi connectivity index (χ0v) is 10.3. The van der Waals surface area contributed by atoms with Gasteiger partial charge in [-0.2, -0.15) is 0 Å². The fourth-order valence-corrected chi connectivity index (χ4v) is 1.89. The van der Waals surface area contributed by atoms with Gasteiger partial charge >= 0.3 is 12.0 Å². The fraction of sp³-hybridized carbons (Fsp3) is 0.300. The Morgan fingerprint density at radius 3 is 2.71 bits per heavy atom. The number of halogens is 4. The summed E-state index contributed by atoms with van der Waals surface area (Å²) in [5, 5.41) is 0. The number of hydrogen-bond donors (Lipinski definition) is 0. The molecule has 0 N–H and O–H groups in total. The average Bonchev–Trinajstić information content (AvgIpc) is 2.51. The molecule has 17 heavy (non-hydrogen) atoms. The summed E-state index contributed by atoms with van der Waals surface area (Å²) < 4.78 is 43.9. The molecule has 0 fully saturated rings. The van der Waals surface area contributed by atoms with E-state index in [1.54, 1.807) is 25.1 Å². The van der Waals surface area contributed by atoms with Crippen LogP contribution >= 0.6 is 15.9 Å². The number of nitrogens with zero attached hydrogens (tertiary/aromatic N) is 2. The molecule has 0 unspecified atom stereocenters. The van der Waals surface area contributed by atoms with Gasteiger partial charge in [-0.15, -0.1) is 18.2 Å². The molecular weight excluding hydrogens is 301 g/mol. The van der Waals surface area contributed by atoms with Crippen LogP contribution in [0.1, 0.15) is 6.92 Å². The predicted molar refractivity (Wildman–Crippen MR) is 59.2 cm³/mol. The Balaban J connectivity index is 2.77. The van der Waals surface area contributed by atoms with E-state index in [2.05, 4.69) is 20.9 Å². The van der Waals surface area contributed by atoms with Crippen LogP contribution in [-0.4, -0.2) is 10.9 Å². The van der Waals surface area contributed by atoms with E-state index < -0.39 is 12.0 Å². The van der Waals surface area contributed by atoms with Crippen molar-refractivity contribution in [1.82, 2.24) is 4.57 Å². The van der Waals surface area contributed by atoms with Crippen LogP contribution in [0.15, 0.2) is 32.1 Å². The van der Waals surface area contributed by atoms with Crippen LogP contribution in [0.5, 0.6) is 0 Å². The number of oxazole rings is 1. The largest absolute Gasteiger partial charge is 0.507 e. The molecule has 0 saturated carbocycles. The molecule has 0 aliphatic heterocycles. The van der Waals surface area contributed by atoms with Gasteiger partial charge < -0.3 is 4.42 Å². The van der Waals surface area contributed by atoms with Crippen LogP contribution in [0.4, 0.5) is 13.2 Å². The van der Waals surface area contributed by atoms with Gasteiger partial charge in [-0.1, -0.05) is 15.9 Å². The van der Waals surface area contributed by atoms with Crippen LogP contribution in [0.2, 0.25) is 0 Å². The topological polar surface area (TPSA) is 30.4 Å². The summed E-state index contributed by atoms with van der Waals surface area (Å²) in [5.74, 6) is 0. The lowest BCUT2D eigenvalue weighted by molar-refractivity contribution is -0.125. The monoisotopic (exact) mass is 308 g/mol. The van der Waals surface area contributed by atoms with Crippen molar-refractivity contribution in [2.45, 2.75) is 19.8 Å². The molecule has 0 amide bonds. The number of aryl methyl sites for hydroxylation is 1. The second kappa shape index (κ2) is 4.21. The van der Waals surface area contributed by atoms with E-state index in [1.807, 2.05) is 0 Å². The van der Waals surface area contributed by atoms with E-state index in [1.165, 1.54) is 4.57 Å². The summed E-state index contributed by atoms with van der Waals surface area (Å²) in [6.07, 6.45) is -4.64. The van der Waals surface area contributed by atoms with Gasteiger partial charge in [-0.05, 0) is 25.1 Å². The predicted octanol–water partition coefficient (Wildman–Crippen LogP) is 3.44. The number of rotatable bonds is 1. The number of fused-ring (bicyclic) bond motifs is 1. The fourth-order valence-electron chi connectivity index (χ4n) is 1.54. The molecule has 0 aliphatic rings. The maximum absolute atomic E-state index is 12.2. The summed E-state index contributed by atoms with van der Waals surface area (Å²) in [6.45, 7) is 2.07. The van der Waals surface area contributed by atoms with Crippen LogP contribution in [-0.2, 0) is 6.54 Å². The van der Waals surface area contributed by atoms with E-state index in [0.717, 1.165) is 4.47 Å². The van der Waals surface area contributed by atoms with Gasteiger partial charge in [-0.25, -0.2) is 0 Å². The maximum Gasteiger partial charge on any atom is 0.507 e. The molecule has 0 spiro atoms. The van der Waals surface area contributed by atoms with E-state index in [9.17, 15) is 13.2 Å². The summed E-state index contributed by atoms with van der Waals surface area (Å²) in [5.41, 5.74) is 0.510. The van der Waals surface area contributed by atoms with Crippen LogP contribution in [0.25, 0.3) is 11.1 Å². The van der Waals surface area contributed by atoms with Gasteiger partial charge in [0.2, 0.25) is 0 Å². The third-order valence-electron chi connectivity index (χ3n) is 2.18. The average molecular weight is 309 g/mol. The highest BCUT2D eigenvalue weighted by molar-refractivity contribution is 9.10. The first kappa shape index (κ1) is 12.2. The number of benzene rings is 1. The van der Waals surface area contributed by atoms with Crippen LogP contribution < -0.4 is 5.68 Å². The van der Waals surface area contributed by atoms with Crippen molar-refractivity contribution in [2.75, 3.05) is 0 Å².